The summed E-state index contributed by atoms with van der Waals surface area (Å²) < 4.78 is 53.5. The van der Waals surface area contributed by atoms with Gasteiger partial charge >= 0.3 is 12.2 Å². The summed E-state index contributed by atoms with van der Waals surface area (Å²) in [7, 11) is 0. The maximum absolute atomic E-state index is 13.8. The molecule has 0 aromatic heterocycles. The summed E-state index contributed by atoms with van der Waals surface area (Å²) in [5.41, 5.74) is 1.03. The monoisotopic (exact) mass is 471 g/mol. The summed E-state index contributed by atoms with van der Waals surface area (Å²) in [5.74, 6) is -3.98. The number of carbonyl (C=O) groups is 2. The maximum atomic E-state index is 13.8. The summed E-state index contributed by atoms with van der Waals surface area (Å²) in [4.78, 5) is 26.2. The van der Waals surface area contributed by atoms with E-state index in [0.717, 1.165) is 4.90 Å². The first-order valence-corrected chi connectivity index (χ1v) is 10.1. The summed E-state index contributed by atoms with van der Waals surface area (Å²) >= 11 is 6.20. The SMILES string of the molecule is O=C1N[C@H](c2cc(F)ccc2Cl)c2c(NC(=O)N3C[C@@H](CO)[C@H](C(F)(F)F)C3)cccc21. The third-order valence-corrected chi connectivity index (χ3v) is 6.15. The lowest BCUT2D eigenvalue weighted by atomic mass is 9.96. The van der Waals surface area contributed by atoms with Gasteiger partial charge < -0.3 is 20.6 Å². The fraction of sp³-hybridized carbons (Fsp3) is 0.333. The zero-order chi connectivity index (χ0) is 23.2. The van der Waals surface area contributed by atoms with Crippen LogP contribution in [0.3, 0.4) is 0 Å². The van der Waals surface area contributed by atoms with E-state index in [1.165, 1.54) is 36.4 Å². The number of carbonyl (C=O) groups excluding carboxylic acids is 2. The Kier molecular flexibility index (Phi) is 5.76. The van der Waals surface area contributed by atoms with Gasteiger partial charge in [0.1, 0.15) is 5.82 Å². The van der Waals surface area contributed by atoms with E-state index in [1.54, 1.807) is 0 Å². The number of urea groups is 1. The molecule has 4 rings (SSSR count). The van der Waals surface area contributed by atoms with E-state index in [0.29, 0.717) is 5.56 Å². The molecule has 0 bridgehead atoms. The number of likely N-dealkylation sites (tertiary alicyclic amines) is 1. The third kappa shape index (κ3) is 4.00. The zero-order valence-electron chi connectivity index (χ0n) is 16.4. The maximum Gasteiger partial charge on any atom is 0.393 e. The van der Waals surface area contributed by atoms with Crippen molar-refractivity contribution in [2.45, 2.75) is 12.2 Å². The summed E-state index contributed by atoms with van der Waals surface area (Å²) in [5, 5.41) is 14.8. The van der Waals surface area contributed by atoms with Crippen LogP contribution in [0.5, 0.6) is 0 Å². The van der Waals surface area contributed by atoms with Crippen LogP contribution in [0.2, 0.25) is 5.02 Å². The van der Waals surface area contributed by atoms with E-state index in [-0.39, 0.29) is 28.4 Å². The lowest BCUT2D eigenvalue weighted by Gasteiger charge is -2.21. The minimum atomic E-state index is -4.55. The van der Waals surface area contributed by atoms with Gasteiger partial charge in [0.25, 0.3) is 5.91 Å². The zero-order valence-corrected chi connectivity index (χ0v) is 17.2. The number of anilines is 1. The first-order valence-electron chi connectivity index (χ1n) is 9.72. The summed E-state index contributed by atoms with van der Waals surface area (Å²) in [6.45, 7) is -1.56. The van der Waals surface area contributed by atoms with Crippen LogP contribution in [0.25, 0.3) is 0 Å². The Morgan fingerprint density at radius 2 is 2.00 bits per heavy atom. The van der Waals surface area contributed by atoms with Crippen LogP contribution in [0.15, 0.2) is 36.4 Å². The Morgan fingerprint density at radius 3 is 2.66 bits per heavy atom. The Labute approximate surface area is 185 Å². The topological polar surface area (TPSA) is 81.7 Å². The minimum Gasteiger partial charge on any atom is -0.396 e. The number of benzene rings is 2. The van der Waals surface area contributed by atoms with Gasteiger partial charge in [0.15, 0.2) is 0 Å². The number of nitrogens with one attached hydrogen (secondary N) is 2. The van der Waals surface area contributed by atoms with Crippen LogP contribution in [0, 0.1) is 17.7 Å². The van der Waals surface area contributed by atoms with Crippen molar-refractivity contribution in [2.24, 2.45) is 11.8 Å². The largest absolute Gasteiger partial charge is 0.396 e. The molecule has 2 aromatic rings. The van der Waals surface area contributed by atoms with E-state index in [2.05, 4.69) is 10.6 Å². The molecular formula is C21H18ClF4N3O3. The highest BCUT2D eigenvalue weighted by Gasteiger charge is 2.50. The van der Waals surface area contributed by atoms with E-state index in [9.17, 15) is 32.3 Å². The van der Waals surface area contributed by atoms with E-state index < -0.39 is 55.0 Å². The molecular weight excluding hydrogens is 454 g/mol. The fourth-order valence-corrected chi connectivity index (χ4v) is 4.45. The van der Waals surface area contributed by atoms with Crippen molar-refractivity contribution < 1.29 is 32.3 Å². The van der Waals surface area contributed by atoms with Gasteiger partial charge in [-0.3, -0.25) is 4.79 Å². The predicted octanol–water partition coefficient (Wildman–Crippen LogP) is 3.95. The number of fused-ring (bicyclic) bond motifs is 1. The molecule has 2 aliphatic heterocycles. The van der Waals surface area contributed by atoms with Gasteiger partial charge in [-0.1, -0.05) is 17.7 Å². The summed E-state index contributed by atoms with van der Waals surface area (Å²) in [6, 6.07) is 6.55. The van der Waals surface area contributed by atoms with Crippen molar-refractivity contribution >= 4 is 29.2 Å². The highest BCUT2D eigenvalue weighted by atomic mass is 35.5. The van der Waals surface area contributed by atoms with Gasteiger partial charge in [-0.15, -0.1) is 0 Å². The number of aliphatic hydroxyl groups is 1. The quantitative estimate of drug-likeness (QED) is 0.593. The van der Waals surface area contributed by atoms with Gasteiger partial charge in [0, 0.05) is 53.0 Å². The number of halogens is 5. The molecule has 6 nitrogen and oxygen atoms in total. The van der Waals surface area contributed by atoms with Gasteiger partial charge in [0.2, 0.25) is 0 Å². The highest BCUT2D eigenvalue weighted by molar-refractivity contribution is 6.31. The molecule has 32 heavy (non-hydrogen) atoms. The van der Waals surface area contributed by atoms with Crippen molar-refractivity contribution in [2.75, 3.05) is 25.0 Å². The average Bonchev–Trinajstić information content (AvgIpc) is 3.32. The fourth-order valence-electron chi connectivity index (χ4n) is 4.22. The third-order valence-electron chi connectivity index (χ3n) is 5.81. The van der Waals surface area contributed by atoms with Crippen LogP contribution in [-0.4, -0.2) is 47.8 Å². The molecule has 3 amide bonds. The molecule has 0 radical (unpaired) electrons. The normalized spacial score (nSPS) is 22.6. The molecule has 1 saturated heterocycles. The van der Waals surface area contributed by atoms with Crippen molar-refractivity contribution in [1.82, 2.24) is 10.2 Å². The van der Waals surface area contributed by atoms with Crippen molar-refractivity contribution in [1.29, 1.82) is 0 Å². The van der Waals surface area contributed by atoms with E-state index >= 15 is 0 Å². The minimum absolute atomic E-state index is 0.187. The standard InChI is InChI=1S/C21H18ClF4N3O3/c22-15-5-4-11(23)6-13(15)18-17-12(19(31)28-18)2-1-3-16(17)27-20(32)29-7-10(9-30)14(8-29)21(24,25)26/h1-6,10,14,18,30H,7-9H2,(H,27,32)(H,28,31)/t10-,14+,18+/m0/s1. The molecule has 2 aromatic carbocycles. The highest BCUT2D eigenvalue weighted by Crippen LogP contribution is 2.40. The molecule has 0 unspecified atom stereocenters. The molecule has 3 N–H and O–H groups in total. The van der Waals surface area contributed by atoms with Crippen LogP contribution in [-0.2, 0) is 0 Å². The summed E-state index contributed by atoms with van der Waals surface area (Å²) in [6.07, 6.45) is -4.55. The molecule has 3 atom stereocenters. The van der Waals surface area contributed by atoms with Crippen molar-refractivity contribution in [3.8, 4) is 0 Å². The van der Waals surface area contributed by atoms with Crippen LogP contribution in [0.1, 0.15) is 27.5 Å². The molecule has 0 saturated carbocycles. The lowest BCUT2D eigenvalue weighted by Crippen LogP contribution is -2.35. The number of alkyl halides is 3. The molecule has 1 fully saturated rings. The van der Waals surface area contributed by atoms with Gasteiger partial charge in [-0.05, 0) is 30.3 Å². The van der Waals surface area contributed by atoms with Gasteiger partial charge in [-0.2, -0.15) is 13.2 Å². The average molecular weight is 472 g/mol. The first kappa shape index (κ1) is 22.3. The molecule has 0 spiro atoms. The second kappa shape index (κ2) is 8.25. The lowest BCUT2D eigenvalue weighted by molar-refractivity contribution is -0.182. The number of amides is 3. The molecule has 170 valence electrons. The number of rotatable bonds is 3. The number of hydrogen-bond acceptors (Lipinski definition) is 3. The first-order chi connectivity index (χ1) is 15.1. The van der Waals surface area contributed by atoms with Gasteiger partial charge in [0.05, 0.1) is 12.0 Å². The molecule has 2 heterocycles. The second-order valence-corrected chi connectivity index (χ2v) is 8.17. The Balaban J connectivity index is 1.64. The second-order valence-electron chi connectivity index (χ2n) is 7.77. The smallest absolute Gasteiger partial charge is 0.393 e. The van der Waals surface area contributed by atoms with Crippen LogP contribution < -0.4 is 10.6 Å². The van der Waals surface area contributed by atoms with Crippen LogP contribution >= 0.6 is 11.6 Å². The van der Waals surface area contributed by atoms with Gasteiger partial charge in [-0.25, -0.2) is 9.18 Å². The number of hydrogen-bond donors (Lipinski definition) is 3. The van der Waals surface area contributed by atoms with E-state index in [4.69, 9.17) is 11.6 Å². The molecule has 0 aliphatic carbocycles. The Morgan fingerprint density at radius 1 is 1.25 bits per heavy atom. The Bertz CT molecular complexity index is 1080. The van der Waals surface area contributed by atoms with E-state index in [1.807, 2.05) is 0 Å². The van der Waals surface area contributed by atoms with Crippen molar-refractivity contribution in [3.63, 3.8) is 0 Å². The number of nitrogens with zero attached hydrogens (tertiary/aromatic N) is 1. The molecule has 11 heteroatoms. The number of aliphatic hydroxyl groups excluding tert-OH is 1. The Hall–Kier alpha value is -2.85. The molecule has 2 aliphatic rings. The van der Waals surface area contributed by atoms with Crippen LogP contribution in [0.4, 0.5) is 28.0 Å². The van der Waals surface area contributed by atoms with Crippen molar-refractivity contribution in [3.05, 3.63) is 63.9 Å². The predicted molar refractivity (Wildman–Crippen MR) is 108 cm³/mol.